The van der Waals surface area contributed by atoms with E-state index in [0.29, 0.717) is 55.1 Å². The lowest BCUT2D eigenvalue weighted by molar-refractivity contribution is -0.131. The Kier molecular flexibility index (Phi) is 6.67. The molecule has 1 aromatic heterocycles. The van der Waals surface area contributed by atoms with Crippen LogP contribution in [0.5, 0.6) is 11.5 Å². The van der Waals surface area contributed by atoms with Crippen molar-refractivity contribution in [2.24, 2.45) is 0 Å². The second kappa shape index (κ2) is 9.61. The van der Waals surface area contributed by atoms with Crippen LogP contribution in [0.3, 0.4) is 0 Å². The molecule has 2 aromatic rings. The van der Waals surface area contributed by atoms with Gasteiger partial charge in [-0.2, -0.15) is 4.37 Å². The van der Waals surface area contributed by atoms with Crippen LogP contribution in [0.15, 0.2) is 18.2 Å². The monoisotopic (exact) mass is 446 g/mol. The van der Waals surface area contributed by atoms with E-state index in [0.717, 1.165) is 23.5 Å². The van der Waals surface area contributed by atoms with Crippen molar-refractivity contribution in [1.82, 2.24) is 14.3 Å². The standard InChI is InChI=1S/C21H26N4O5S/c1-3-18-22-21(31-24-18)23-19(26)11-25-10-14(9-20(25)27)13-4-5-16(28-2)17(8-13)30-15-6-7-29-12-15/h4-5,8,14-15H,3,6-7,9-12H2,1-2H3,(H,22,23,24,26)/t14-,15-/m1/s1. The van der Waals surface area contributed by atoms with Gasteiger partial charge >= 0.3 is 0 Å². The number of ether oxygens (including phenoxy) is 3. The fourth-order valence-electron chi connectivity index (χ4n) is 3.75. The first-order chi connectivity index (χ1) is 15.1. The zero-order valence-corrected chi connectivity index (χ0v) is 18.4. The molecule has 2 atom stereocenters. The van der Waals surface area contributed by atoms with Crippen LogP contribution in [0.25, 0.3) is 0 Å². The summed E-state index contributed by atoms with van der Waals surface area (Å²) in [4.78, 5) is 30.7. The maximum absolute atomic E-state index is 12.5. The lowest BCUT2D eigenvalue weighted by Gasteiger charge is -2.18. The highest BCUT2D eigenvalue weighted by Crippen LogP contribution is 2.36. The maximum Gasteiger partial charge on any atom is 0.245 e. The molecule has 2 aliphatic heterocycles. The molecule has 2 aliphatic rings. The summed E-state index contributed by atoms with van der Waals surface area (Å²) in [5.41, 5.74) is 0.989. The predicted octanol–water partition coefficient (Wildman–Crippen LogP) is 2.23. The van der Waals surface area contributed by atoms with Crippen LogP contribution in [-0.2, 0) is 20.7 Å². The van der Waals surface area contributed by atoms with Crippen molar-refractivity contribution < 1.29 is 23.8 Å². The number of nitrogens with zero attached hydrogens (tertiary/aromatic N) is 3. The van der Waals surface area contributed by atoms with Gasteiger partial charge in [0.15, 0.2) is 11.5 Å². The number of aromatic nitrogens is 2. The van der Waals surface area contributed by atoms with Crippen molar-refractivity contribution in [2.45, 2.75) is 38.2 Å². The zero-order valence-electron chi connectivity index (χ0n) is 17.6. The molecule has 2 saturated heterocycles. The van der Waals surface area contributed by atoms with Gasteiger partial charge in [0.2, 0.25) is 16.9 Å². The third-order valence-electron chi connectivity index (χ3n) is 5.42. The minimum absolute atomic E-state index is 0.00290. The lowest BCUT2D eigenvalue weighted by atomic mass is 9.98. The van der Waals surface area contributed by atoms with E-state index in [9.17, 15) is 9.59 Å². The summed E-state index contributed by atoms with van der Waals surface area (Å²) in [6, 6.07) is 5.75. The lowest BCUT2D eigenvalue weighted by Crippen LogP contribution is -2.34. The third-order valence-corrected chi connectivity index (χ3v) is 6.09. The molecule has 2 fully saturated rings. The fourth-order valence-corrected chi connectivity index (χ4v) is 4.42. The molecule has 10 heteroatoms. The van der Waals surface area contributed by atoms with Crippen LogP contribution < -0.4 is 14.8 Å². The van der Waals surface area contributed by atoms with Crippen molar-refractivity contribution in [3.05, 3.63) is 29.6 Å². The van der Waals surface area contributed by atoms with E-state index in [1.54, 1.807) is 12.0 Å². The Bertz CT molecular complexity index is 944. The molecule has 2 amide bonds. The molecule has 0 radical (unpaired) electrons. The number of amides is 2. The quantitative estimate of drug-likeness (QED) is 0.663. The Morgan fingerprint density at radius 1 is 1.39 bits per heavy atom. The highest BCUT2D eigenvalue weighted by Gasteiger charge is 2.32. The number of nitrogens with one attached hydrogen (secondary N) is 1. The highest BCUT2D eigenvalue weighted by molar-refractivity contribution is 7.09. The van der Waals surface area contributed by atoms with E-state index in [4.69, 9.17) is 14.2 Å². The number of likely N-dealkylation sites (tertiary alicyclic amines) is 1. The minimum atomic E-state index is -0.271. The number of carbonyl (C=O) groups is 2. The molecule has 0 aliphatic carbocycles. The fraction of sp³-hybridized carbons (Fsp3) is 0.524. The van der Waals surface area contributed by atoms with Gasteiger partial charge < -0.3 is 19.1 Å². The first-order valence-corrected chi connectivity index (χ1v) is 11.2. The third kappa shape index (κ3) is 5.13. The van der Waals surface area contributed by atoms with Crippen molar-refractivity contribution in [2.75, 3.05) is 38.7 Å². The second-order valence-electron chi connectivity index (χ2n) is 7.61. The average Bonchev–Trinajstić information content (AvgIpc) is 3.51. The largest absolute Gasteiger partial charge is 0.493 e. The smallest absolute Gasteiger partial charge is 0.245 e. The predicted molar refractivity (Wildman–Crippen MR) is 115 cm³/mol. The molecule has 0 spiro atoms. The van der Waals surface area contributed by atoms with Gasteiger partial charge in [0.1, 0.15) is 11.9 Å². The van der Waals surface area contributed by atoms with Crippen LogP contribution in [0.2, 0.25) is 0 Å². The van der Waals surface area contributed by atoms with Gasteiger partial charge in [0.25, 0.3) is 0 Å². The summed E-state index contributed by atoms with van der Waals surface area (Å²) >= 11 is 1.15. The molecule has 1 aromatic carbocycles. The normalized spacial score (nSPS) is 20.8. The van der Waals surface area contributed by atoms with Gasteiger partial charge in [0.05, 0.1) is 26.9 Å². The van der Waals surface area contributed by atoms with Gasteiger partial charge in [-0.1, -0.05) is 13.0 Å². The number of hydrogen-bond donors (Lipinski definition) is 1. The Morgan fingerprint density at radius 2 is 2.26 bits per heavy atom. The Balaban J connectivity index is 1.39. The molecule has 4 rings (SSSR count). The van der Waals surface area contributed by atoms with Gasteiger partial charge in [-0.15, -0.1) is 0 Å². The summed E-state index contributed by atoms with van der Waals surface area (Å²) in [6.45, 7) is 3.67. The SMILES string of the molecule is CCc1nsc(NC(=O)CN2C[C@H](c3ccc(OC)c(O[C@@H]4CCOC4)c3)CC2=O)n1. The maximum atomic E-state index is 12.5. The van der Waals surface area contributed by atoms with Crippen LogP contribution in [-0.4, -0.2) is 65.6 Å². The van der Waals surface area contributed by atoms with E-state index in [2.05, 4.69) is 14.7 Å². The highest BCUT2D eigenvalue weighted by atomic mass is 32.1. The second-order valence-corrected chi connectivity index (χ2v) is 8.36. The summed E-state index contributed by atoms with van der Waals surface area (Å²) in [6.07, 6.45) is 1.90. The van der Waals surface area contributed by atoms with Gasteiger partial charge in [-0.3, -0.25) is 14.9 Å². The van der Waals surface area contributed by atoms with Crippen molar-refractivity contribution >= 4 is 28.5 Å². The molecule has 0 bridgehead atoms. The number of methoxy groups -OCH3 is 1. The first-order valence-electron chi connectivity index (χ1n) is 10.4. The van der Waals surface area contributed by atoms with E-state index < -0.39 is 0 Å². The van der Waals surface area contributed by atoms with Crippen molar-refractivity contribution in [3.63, 3.8) is 0 Å². The molecule has 0 unspecified atom stereocenters. The summed E-state index contributed by atoms with van der Waals surface area (Å²) in [5, 5.41) is 3.18. The van der Waals surface area contributed by atoms with Crippen molar-refractivity contribution in [3.8, 4) is 11.5 Å². The first kappa shape index (κ1) is 21.5. The number of carbonyl (C=O) groups excluding carboxylic acids is 2. The Labute approximate surface area is 184 Å². The van der Waals surface area contributed by atoms with E-state index in [1.807, 2.05) is 25.1 Å². The molecular formula is C21H26N4O5S. The van der Waals surface area contributed by atoms with E-state index in [-0.39, 0.29) is 30.4 Å². The van der Waals surface area contributed by atoms with Gasteiger partial charge in [-0.05, 0) is 17.7 Å². The average molecular weight is 447 g/mol. The summed E-state index contributed by atoms with van der Waals surface area (Å²) in [5.74, 6) is 1.67. The molecule has 3 heterocycles. The molecular weight excluding hydrogens is 420 g/mol. The van der Waals surface area contributed by atoms with Crippen LogP contribution in [0.1, 0.15) is 37.1 Å². The van der Waals surface area contributed by atoms with Crippen molar-refractivity contribution in [1.29, 1.82) is 0 Å². The molecule has 31 heavy (non-hydrogen) atoms. The van der Waals surface area contributed by atoms with Crippen LogP contribution in [0, 0.1) is 0 Å². The minimum Gasteiger partial charge on any atom is -0.493 e. The Hall–Kier alpha value is -2.72. The van der Waals surface area contributed by atoms with Crippen LogP contribution in [0.4, 0.5) is 5.13 Å². The molecule has 0 saturated carbocycles. The van der Waals surface area contributed by atoms with Crippen LogP contribution >= 0.6 is 11.5 Å². The Morgan fingerprint density at radius 3 is 2.97 bits per heavy atom. The van der Waals surface area contributed by atoms with Gasteiger partial charge in [-0.25, -0.2) is 4.98 Å². The number of anilines is 1. The number of benzene rings is 1. The number of rotatable bonds is 8. The van der Waals surface area contributed by atoms with E-state index >= 15 is 0 Å². The summed E-state index contributed by atoms with van der Waals surface area (Å²) < 4.78 is 21.0. The number of hydrogen-bond acceptors (Lipinski definition) is 8. The molecule has 9 nitrogen and oxygen atoms in total. The summed E-state index contributed by atoms with van der Waals surface area (Å²) in [7, 11) is 1.61. The number of aryl methyl sites for hydroxylation is 1. The molecule has 166 valence electrons. The topological polar surface area (TPSA) is 103 Å². The van der Waals surface area contributed by atoms with E-state index in [1.165, 1.54) is 0 Å². The van der Waals surface area contributed by atoms with Gasteiger partial charge in [0, 0.05) is 43.3 Å². The molecule has 1 N–H and O–H groups in total. The zero-order chi connectivity index (χ0) is 21.8.